The summed E-state index contributed by atoms with van der Waals surface area (Å²) in [5.41, 5.74) is 0.687. The van der Waals surface area contributed by atoms with Crippen LogP contribution in [0.4, 0.5) is 10.5 Å². The van der Waals surface area contributed by atoms with Crippen molar-refractivity contribution in [3.8, 4) is 0 Å². The predicted octanol–water partition coefficient (Wildman–Crippen LogP) is 2.82. The first kappa shape index (κ1) is 25.3. The van der Waals surface area contributed by atoms with Crippen molar-refractivity contribution in [1.82, 2.24) is 16.0 Å². The summed E-state index contributed by atoms with van der Waals surface area (Å²) < 4.78 is 5.19. The van der Waals surface area contributed by atoms with Crippen LogP contribution in [0.5, 0.6) is 0 Å². The number of nitrogens with zero attached hydrogens (tertiary/aromatic N) is 2. The van der Waals surface area contributed by atoms with Crippen molar-refractivity contribution in [2.45, 2.75) is 33.3 Å². The second-order valence-electron chi connectivity index (χ2n) is 6.87. The van der Waals surface area contributed by atoms with E-state index in [4.69, 9.17) is 4.74 Å². The van der Waals surface area contributed by atoms with E-state index in [0.717, 1.165) is 25.6 Å². The Hall–Kier alpha value is -1.71. The fourth-order valence-electron chi connectivity index (χ4n) is 2.14. The van der Waals surface area contributed by atoms with Crippen molar-refractivity contribution < 1.29 is 9.53 Å². The van der Waals surface area contributed by atoms with Crippen molar-refractivity contribution in [3.63, 3.8) is 0 Å². The molecule has 0 aliphatic rings. The highest BCUT2D eigenvalue weighted by molar-refractivity contribution is 14.0. The van der Waals surface area contributed by atoms with Gasteiger partial charge in [-0.2, -0.15) is 0 Å². The molecule has 154 valence electrons. The van der Waals surface area contributed by atoms with Gasteiger partial charge in [0.15, 0.2) is 5.96 Å². The Morgan fingerprint density at radius 1 is 1.11 bits per heavy atom. The fourth-order valence-corrected chi connectivity index (χ4v) is 2.14. The van der Waals surface area contributed by atoms with Gasteiger partial charge in [-0.25, -0.2) is 4.79 Å². The first-order chi connectivity index (χ1) is 12.3. The summed E-state index contributed by atoms with van der Waals surface area (Å²) in [5, 5.41) is 9.20. The maximum Gasteiger partial charge on any atom is 0.407 e. The standard InChI is InChI=1S/C19H33N5O2.HI/c1-6-20-17(21-12-13-23-18(25)26-19(2,3)4)22-14-15-24(5)16-10-8-7-9-11-16;/h7-11H,6,12-15H2,1-5H3,(H,23,25)(H2,20,21,22);1H. The van der Waals surface area contributed by atoms with Crippen LogP contribution in [0.1, 0.15) is 27.7 Å². The number of carbonyl (C=O) groups excluding carboxylic acids is 1. The van der Waals surface area contributed by atoms with E-state index in [1.165, 1.54) is 5.69 Å². The summed E-state index contributed by atoms with van der Waals surface area (Å²) in [5.74, 6) is 0.736. The molecule has 0 bridgehead atoms. The fraction of sp³-hybridized carbons (Fsp3) is 0.579. The van der Waals surface area contributed by atoms with Crippen LogP contribution in [0.3, 0.4) is 0 Å². The van der Waals surface area contributed by atoms with E-state index in [1.807, 2.05) is 45.9 Å². The average molecular weight is 491 g/mol. The predicted molar refractivity (Wildman–Crippen MR) is 123 cm³/mol. The molecule has 0 radical (unpaired) electrons. The molecule has 1 rings (SSSR count). The molecule has 1 amide bonds. The van der Waals surface area contributed by atoms with Gasteiger partial charge in [0.1, 0.15) is 5.60 Å². The minimum atomic E-state index is -0.491. The molecule has 0 spiro atoms. The lowest BCUT2D eigenvalue weighted by Crippen LogP contribution is -2.41. The Morgan fingerprint density at radius 3 is 2.37 bits per heavy atom. The molecule has 0 unspecified atom stereocenters. The topological polar surface area (TPSA) is 78.0 Å². The number of hydrogen-bond acceptors (Lipinski definition) is 4. The first-order valence-electron chi connectivity index (χ1n) is 9.07. The van der Waals surface area contributed by atoms with Gasteiger partial charge in [-0.1, -0.05) is 18.2 Å². The lowest BCUT2D eigenvalue weighted by atomic mass is 10.2. The van der Waals surface area contributed by atoms with Gasteiger partial charge in [-0.05, 0) is 39.8 Å². The van der Waals surface area contributed by atoms with Gasteiger partial charge in [0.05, 0.1) is 6.54 Å². The van der Waals surface area contributed by atoms with E-state index >= 15 is 0 Å². The minimum absolute atomic E-state index is 0. The Morgan fingerprint density at radius 2 is 1.78 bits per heavy atom. The van der Waals surface area contributed by atoms with Gasteiger partial charge in [-0.15, -0.1) is 24.0 Å². The number of guanidine groups is 1. The van der Waals surface area contributed by atoms with Gasteiger partial charge in [0.25, 0.3) is 0 Å². The maximum absolute atomic E-state index is 11.6. The second-order valence-corrected chi connectivity index (χ2v) is 6.87. The zero-order valence-electron chi connectivity index (χ0n) is 17.0. The number of likely N-dealkylation sites (N-methyl/N-ethyl adjacent to an activating group) is 1. The van der Waals surface area contributed by atoms with Crippen molar-refractivity contribution in [3.05, 3.63) is 30.3 Å². The number of rotatable bonds is 8. The molecule has 0 aromatic heterocycles. The number of amides is 1. The van der Waals surface area contributed by atoms with E-state index < -0.39 is 11.7 Å². The second kappa shape index (κ2) is 13.5. The number of alkyl carbamates (subject to hydrolysis) is 1. The van der Waals surface area contributed by atoms with Crippen LogP contribution in [0.15, 0.2) is 35.3 Å². The van der Waals surface area contributed by atoms with Gasteiger partial charge < -0.3 is 25.6 Å². The number of aliphatic imine (C=N–C) groups is 1. The smallest absolute Gasteiger partial charge is 0.407 e. The molecule has 0 saturated heterocycles. The Labute approximate surface area is 180 Å². The molecule has 0 heterocycles. The highest BCUT2D eigenvalue weighted by Gasteiger charge is 2.15. The summed E-state index contributed by atoms with van der Waals surface area (Å²) in [4.78, 5) is 18.2. The number of benzene rings is 1. The van der Waals surface area contributed by atoms with Gasteiger partial charge in [0.2, 0.25) is 0 Å². The van der Waals surface area contributed by atoms with Crippen LogP contribution in [0, 0.1) is 0 Å². The SMILES string of the molecule is CCNC(=NCCNC(=O)OC(C)(C)C)NCCN(C)c1ccccc1.I. The highest BCUT2D eigenvalue weighted by atomic mass is 127. The Kier molecular flexibility index (Phi) is 12.6. The zero-order valence-corrected chi connectivity index (χ0v) is 19.4. The first-order valence-corrected chi connectivity index (χ1v) is 9.07. The summed E-state index contributed by atoms with van der Waals surface area (Å²) in [6, 6.07) is 10.2. The molecule has 1 aromatic carbocycles. The monoisotopic (exact) mass is 491 g/mol. The van der Waals surface area contributed by atoms with E-state index in [2.05, 4.69) is 45.0 Å². The molecular weight excluding hydrogens is 457 g/mol. The van der Waals surface area contributed by atoms with Gasteiger partial charge >= 0.3 is 6.09 Å². The van der Waals surface area contributed by atoms with Crippen molar-refractivity contribution in [1.29, 1.82) is 0 Å². The lowest BCUT2D eigenvalue weighted by Gasteiger charge is -2.20. The minimum Gasteiger partial charge on any atom is -0.444 e. The molecule has 8 heteroatoms. The number of anilines is 1. The average Bonchev–Trinajstić information content (AvgIpc) is 2.57. The van der Waals surface area contributed by atoms with Gasteiger partial charge in [-0.3, -0.25) is 4.99 Å². The van der Waals surface area contributed by atoms with Crippen LogP contribution < -0.4 is 20.9 Å². The van der Waals surface area contributed by atoms with E-state index in [0.29, 0.717) is 13.1 Å². The molecule has 0 atom stereocenters. The number of halogens is 1. The van der Waals surface area contributed by atoms with Gasteiger partial charge in [0, 0.05) is 38.9 Å². The van der Waals surface area contributed by atoms with Crippen LogP contribution in [0.25, 0.3) is 0 Å². The highest BCUT2D eigenvalue weighted by Crippen LogP contribution is 2.09. The van der Waals surface area contributed by atoms with Crippen LogP contribution >= 0.6 is 24.0 Å². The Bertz CT molecular complexity index is 561. The summed E-state index contributed by atoms with van der Waals surface area (Å²) >= 11 is 0. The molecule has 0 saturated carbocycles. The number of ether oxygens (including phenoxy) is 1. The summed E-state index contributed by atoms with van der Waals surface area (Å²) in [7, 11) is 2.06. The maximum atomic E-state index is 11.6. The molecule has 0 fully saturated rings. The summed E-state index contributed by atoms with van der Waals surface area (Å²) in [6.45, 7) is 10.8. The van der Waals surface area contributed by atoms with Crippen molar-refractivity contribution in [2.24, 2.45) is 4.99 Å². The number of carbonyl (C=O) groups is 1. The third-order valence-corrected chi connectivity index (χ3v) is 3.33. The van der Waals surface area contributed by atoms with Crippen LogP contribution in [0.2, 0.25) is 0 Å². The third kappa shape index (κ3) is 12.3. The van der Waals surface area contributed by atoms with Crippen molar-refractivity contribution in [2.75, 3.05) is 44.7 Å². The van der Waals surface area contributed by atoms with Crippen LogP contribution in [-0.4, -0.2) is 57.4 Å². The molecular formula is C19H34IN5O2. The zero-order chi connectivity index (χ0) is 19.4. The normalized spacial score (nSPS) is 11.2. The van der Waals surface area contributed by atoms with Crippen LogP contribution in [-0.2, 0) is 4.74 Å². The third-order valence-electron chi connectivity index (χ3n) is 3.33. The van der Waals surface area contributed by atoms with E-state index in [9.17, 15) is 4.79 Å². The number of hydrogen-bond donors (Lipinski definition) is 3. The number of nitrogens with one attached hydrogen (secondary N) is 3. The molecule has 0 aliphatic heterocycles. The summed E-state index contributed by atoms with van der Waals surface area (Å²) in [6.07, 6.45) is -0.421. The quantitative estimate of drug-likeness (QED) is 0.226. The molecule has 27 heavy (non-hydrogen) atoms. The molecule has 7 nitrogen and oxygen atoms in total. The molecule has 3 N–H and O–H groups in total. The Balaban J connectivity index is 0.00000676. The lowest BCUT2D eigenvalue weighted by molar-refractivity contribution is 0.0529. The largest absolute Gasteiger partial charge is 0.444 e. The molecule has 1 aromatic rings. The van der Waals surface area contributed by atoms with E-state index in [1.54, 1.807) is 0 Å². The number of para-hydroxylation sites is 1. The van der Waals surface area contributed by atoms with Crippen molar-refractivity contribution >= 4 is 41.7 Å². The van der Waals surface area contributed by atoms with E-state index in [-0.39, 0.29) is 24.0 Å². The molecule has 0 aliphatic carbocycles.